The summed E-state index contributed by atoms with van der Waals surface area (Å²) in [6, 6.07) is 10.0. The number of hydrogen-bond acceptors (Lipinski definition) is 2. The molecule has 0 spiro atoms. The highest BCUT2D eigenvalue weighted by molar-refractivity contribution is 7.71. The van der Waals surface area contributed by atoms with E-state index in [1.54, 1.807) is 24.3 Å². The minimum Gasteiger partial charge on any atom is -0.332 e. The van der Waals surface area contributed by atoms with E-state index in [0.29, 0.717) is 10.9 Å². The Kier molecular flexibility index (Phi) is 3.39. The van der Waals surface area contributed by atoms with Crippen molar-refractivity contribution in [1.82, 2.24) is 9.55 Å². The highest BCUT2D eigenvalue weighted by Gasteiger charge is 2.09. The summed E-state index contributed by atoms with van der Waals surface area (Å²) in [5, 5.41) is 0.447. The van der Waals surface area contributed by atoms with Crippen LogP contribution < -0.4 is 5.56 Å². The van der Waals surface area contributed by atoms with Crippen molar-refractivity contribution in [2.75, 3.05) is 0 Å². The van der Waals surface area contributed by atoms with Crippen molar-refractivity contribution >= 4 is 23.1 Å². The number of hydrogen-bond donors (Lipinski definition) is 1. The molecule has 0 bridgehead atoms. The molecule has 6 heteroatoms. The summed E-state index contributed by atoms with van der Waals surface area (Å²) < 4.78 is 28.3. The highest BCUT2D eigenvalue weighted by atomic mass is 32.1. The third-order valence-corrected chi connectivity index (χ3v) is 3.55. The Balaban J connectivity index is 2.19. The van der Waals surface area contributed by atoms with Gasteiger partial charge in [-0.1, -0.05) is 12.1 Å². The van der Waals surface area contributed by atoms with E-state index in [1.807, 2.05) is 0 Å². The molecule has 0 aliphatic rings. The summed E-state index contributed by atoms with van der Waals surface area (Å²) in [4.78, 5) is 15.3. The lowest BCUT2D eigenvalue weighted by Crippen LogP contribution is -2.23. The van der Waals surface area contributed by atoms with Gasteiger partial charge >= 0.3 is 0 Å². The number of nitrogens with zero attached hydrogens (tertiary/aromatic N) is 1. The molecular formula is C15H10F2N2OS. The molecule has 3 rings (SSSR count). The zero-order chi connectivity index (χ0) is 15.0. The molecule has 1 N–H and O–H groups in total. The lowest BCUT2D eigenvalue weighted by Gasteiger charge is -2.09. The van der Waals surface area contributed by atoms with Crippen molar-refractivity contribution < 1.29 is 8.78 Å². The molecule has 1 heterocycles. The van der Waals surface area contributed by atoms with Gasteiger partial charge in [0.1, 0.15) is 11.6 Å². The topological polar surface area (TPSA) is 37.8 Å². The van der Waals surface area contributed by atoms with Gasteiger partial charge in [0.15, 0.2) is 4.77 Å². The zero-order valence-corrected chi connectivity index (χ0v) is 11.6. The van der Waals surface area contributed by atoms with Crippen molar-refractivity contribution in [3.05, 3.63) is 74.8 Å². The smallest absolute Gasteiger partial charge is 0.262 e. The zero-order valence-electron chi connectivity index (χ0n) is 10.8. The van der Waals surface area contributed by atoms with Gasteiger partial charge in [-0.2, -0.15) is 0 Å². The normalized spacial score (nSPS) is 11.0. The Labute approximate surface area is 123 Å². The predicted molar refractivity (Wildman–Crippen MR) is 78.9 cm³/mol. The molecule has 0 unspecified atom stereocenters. The van der Waals surface area contributed by atoms with Crippen LogP contribution in [0.2, 0.25) is 0 Å². The van der Waals surface area contributed by atoms with Crippen molar-refractivity contribution in [3.63, 3.8) is 0 Å². The molecule has 0 saturated heterocycles. The van der Waals surface area contributed by atoms with Crippen molar-refractivity contribution in [2.24, 2.45) is 0 Å². The van der Waals surface area contributed by atoms with Crippen LogP contribution in [0.1, 0.15) is 5.56 Å². The summed E-state index contributed by atoms with van der Waals surface area (Å²) in [7, 11) is 0. The summed E-state index contributed by atoms with van der Waals surface area (Å²) in [6.07, 6.45) is 0. The molecule has 0 atom stereocenters. The average molecular weight is 304 g/mol. The Morgan fingerprint density at radius 1 is 1.14 bits per heavy atom. The summed E-state index contributed by atoms with van der Waals surface area (Å²) in [5.74, 6) is -1.14. The minimum absolute atomic E-state index is 0.0758. The summed E-state index contributed by atoms with van der Waals surface area (Å²) >= 11 is 5.13. The number of nitrogens with one attached hydrogen (secondary N) is 1. The third-order valence-electron chi connectivity index (χ3n) is 3.23. The number of rotatable bonds is 2. The lowest BCUT2D eigenvalue weighted by molar-refractivity contribution is 0.572. The molecule has 0 aliphatic carbocycles. The Morgan fingerprint density at radius 2 is 1.90 bits per heavy atom. The van der Waals surface area contributed by atoms with Gasteiger partial charge in [-0.25, -0.2) is 8.78 Å². The number of fused-ring (bicyclic) bond motifs is 1. The number of halogens is 2. The molecule has 0 aliphatic heterocycles. The van der Waals surface area contributed by atoms with Gasteiger partial charge in [0.25, 0.3) is 5.56 Å². The van der Waals surface area contributed by atoms with Crippen LogP contribution in [-0.2, 0) is 6.54 Å². The predicted octanol–water partition coefficient (Wildman–Crippen LogP) is 3.39. The first-order valence-corrected chi connectivity index (χ1v) is 6.63. The second kappa shape index (κ2) is 5.21. The Bertz CT molecular complexity index is 946. The molecule has 0 radical (unpaired) electrons. The van der Waals surface area contributed by atoms with Crippen LogP contribution in [0.3, 0.4) is 0 Å². The quantitative estimate of drug-likeness (QED) is 0.737. The van der Waals surface area contributed by atoms with Gasteiger partial charge in [0, 0.05) is 5.56 Å². The number of aromatic amines is 1. The van der Waals surface area contributed by atoms with E-state index in [9.17, 15) is 13.6 Å². The first-order valence-electron chi connectivity index (χ1n) is 6.22. The second-order valence-electron chi connectivity index (χ2n) is 4.60. The molecule has 21 heavy (non-hydrogen) atoms. The van der Waals surface area contributed by atoms with Crippen molar-refractivity contribution in [3.8, 4) is 0 Å². The van der Waals surface area contributed by atoms with Gasteiger partial charge < -0.3 is 4.98 Å². The standard InChI is InChI=1S/C15H10F2N2OS/c16-10-5-6-12(17)9(7-10)8-19-14(20)11-3-1-2-4-13(11)18-15(19)21/h1-7H,8H2,(H,18,21). The largest absolute Gasteiger partial charge is 0.332 e. The van der Waals surface area contributed by atoms with E-state index in [4.69, 9.17) is 12.2 Å². The van der Waals surface area contributed by atoms with Crippen LogP contribution >= 0.6 is 12.2 Å². The summed E-state index contributed by atoms with van der Waals surface area (Å²) in [6.45, 7) is -0.122. The molecular weight excluding hydrogens is 294 g/mol. The molecule has 0 saturated carbocycles. The first-order chi connectivity index (χ1) is 10.1. The lowest BCUT2D eigenvalue weighted by atomic mass is 10.2. The maximum absolute atomic E-state index is 13.7. The number of H-pyrrole nitrogens is 1. The van der Waals surface area contributed by atoms with Crippen molar-refractivity contribution in [1.29, 1.82) is 0 Å². The van der Waals surface area contributed by atoms with Crippen LogP contribution in [0, 0.1) is 16.4 Å². The van der Waals surface area contributed by atoms with E-state index < -0.39 is 11.6 Å². The average Bonchev–Trinajstić information content (AvgIpc) is 2.47. The van der Waals surface area contributed by atoms with Crippen molar-refractivity contribution in [2.45, 2.75) is 6.54 Å². The maximum Gasteiger partial charge on any atom is 0.262 e. The van der Waals surface area contributed by atoms with E-state index in [2.05, 4.69) is 4.98 Å². The van der Waals surface area contributed by atoms with E-state index in [0.717, 1.165) is 18.2 Å². The highest BCUT2D eigenvalue weighted by Crippen LogP contribution is 2.12. The molecule has 0 fully saturated rings. The fourth-order valence-electron chi connectivity index (χ4n) is 2.18. The van der Waals surface area contributed by atoms with E-state index in [-0.39, 0.29) is 22.4 Å². The number of aromatic nitrogens is 2. The fourth-order valence-corrected chi connectivity index (χ4v) is 2.43. The Morgan fingerprint density at radius 3 is 2.71 bits per heavy atom. The van der Waals surface area contributed by atoms with Crippen LogP contribution in [0.4, 0.5) is 8.78 Å². The molecule has 2 aromatic carbocycles. The molecule has 106 valence electrons. The molecule has 0 amide bonds. The van der Waals surface area contributed by atoms with E-state index >= 15 is 0 Å². The van der Waals surface area contributed by atoms with Crippen LogP contribution in [-0.4, -0.2) is 9.55 Å². The molecule has 3 aromatic rings. The molecule has 1 aromatic heterocycles. The minimum atomic E-state index is -0.578. The summed E-state index contributed by atoms with van der Waals surface area (Å²) in [5.41, 5.74) is 0.355. The van der Waals surface area contributed by atoms with Gasteiger partial charge in [0.05, 0.1) is 17.4 Å². The maximum atomic E-state index is 13.7. The molecule has 3 nitrogen and oxygen atoms in total. The van der Waals surface area contributed by atoms with Gasteiger partial charge in [-0.15, -0.1) is 0 Å². The van der Waals surface area contributed by atoms with Crippen LogP contribution in [0.25, 0.3) is 10.9 Å². The monoisotopic (exact) mass is 304 g/mol. The number of para-hydroxylation sites is 1. The van der Waals surface area contributed by atoms with Gasteiger partial charge in [-0.05, 0) is 42.5 Å². The first kappa shape index (κ1) is 13.6. The Hall–Kier alpha value is -2.34. The van der Waals surface area contributed by atoms with Crippen LogP contribution in [0.5, 0.6) is 0 Å². The van der Waals surface area contributed by atoms with Crippen LogP contribution in [0.15, 0.2) is 47.3 Å². The second-order valence-corrected chi connectivity index (χ2v) is 4.99. The fraction of sp³-hybridized carbons (Fsp3) is 0.0667. The number of benzene rings is 2. The van der Waals surface area contributed by atoms with E-state index in [1.165, 1.54) is 4.57 Å². The SMILES string of the molecule is O=c1c2ccccc2[nH]c(=S)n1Cc1cc(F)ccc1F. The van der Waals surface area contributed by atoms with Gasteiger partial charge in [0.2, 0.25) is 0 Å². The van der Waals surface area contributed by atoms with Gasteiger partial charge in [-0.3, -0.25) is 9.36 Å². The third kappa shape index (κ3) is 2.50.